The average molecular weight is 263 g/mol. The Kier molecular flexibility index (Phi) is 5.24. The Balaban J connectivity index is 1.87. The lowest BCUT2D eigenvalue weighted by molar-refractivity contribution is -0.785. The SMILES string of the molecule is COCCOc1ccc(CC(CO)[N+]2=C[B]O2)cc1. The molecule has 101 valence electrons. The van der Waals surface area contributed by atoms with Gasteiger partial charge in [-0.25, -0.2) is 0 Å². The molecule has 1 unspecified atom stereocenters. The molecule has 1 aliphatic rings. The summed E-state index contributed by atoms with van der Waals surface area (Å²) in [5.74, 6) is 0.821. The zero-order chi connectivity index (χ0) is 13.5. The van der Waals surface area contributed by atoms with E-state index in [-0.39, 0.29) is 12.6 Å². The minimum Gasteiger partial charge on any atom is -0.491 e. The third-order valence-electron chi connectivity index (χ3n) is 2.91. The molecule has 0 spiro atoms. The van der Waals surface area contributed by atoms with Crippen LogP contribution in [-0.2, 0) is 15.9 Å². The first kappa shape index (κ1) is 13.9. The van der Waals surface area contributed by atoms with E-state index in [1.807, 2.05) is 30.4 Å². The van der Waals surface area contributed by atoms with Crippen LogP contribution in [0, 0.1) is 0 Å². The number of hydrogen-bond acceptors (Lipinski definition) is 4. The fourth-order valence-electron chi connectivity index (χ4n) is 1.81. The monoisotopic (exact) mass is 263 g/mol. The standard InChI is InChI=1S/C13H18BNO4/c1-17-6-7-18-13-4-2-11(3-5-13)8-12(9-16)15-10-14-19-15/h2-5,10,12,16H,6-9H2,1H3/q+1. The smallest absolute Gasteiger partial charge is 0.491 e. The van der Waals surface area contributed by atoms with Gasteiger partial charge in [0.2, 0.25) is 12.2 Å². The summed E-state index contributed by atoms with van der Waals surface area (Å²) in [4.78, 5) is 0. The van der Waals surface area contributed by atoms with Gasteiger partial charge < -0.3 is 19.3 Å². The number of aliphatic hydroxyl groups is 1. The Hall–Kier alpha value is -1.53. The van der Waals surface area contributed by atoms with E-state index in [0.717, 1.165) is 17.7 Å². The van der Waals surface area contributed by atoms with Crippen molar-refractivity contribution >= 4 is 13.6 Å². The Labute approximate surface area is 113 Å². The Morgan fingerprint density at radius 1 is 1.32 bits per heavy atom. The predicted molar refractivity (Wildman–Crippen MR) is 71.6 cm³/mol. The normalized spacial score (nSPS) is 14.7. The summed E-state index contributed by atoms with van der Waals surface area (Å²) in [6.45, 7) is 1.17. The second-order valence-electron chi connectivity index (χ2n) is 4.28. The number of aliphatic hydroxyl groups excluding tert-OH is 1. The van der Waals surface area contributed by atoms with Crippen molar-refractivity contribution in [3.05, 3.63) is 29.8 Å². The minimum absolute atomic E-state index is 0.0507. The summed E-state index contributed by atoms with van der Waals surface area (Å²) >= 11 is 0. The molecular weight excluding hydrogens is 245 g/mol. The zero-order valence-electron chi connectivity index (χ0n) is 11.0. The molecule has 1 aromatic rings. The molecule has 1 aliphatic heterocycles. The number of rotatable bonds is 8. The maximum Gasteiger partial charge on any atom is 0.585 e. The molecule has 19 heavy (non-hydrogen) atoms. The average Bonchev–Trinajstić information content (AvgIpc) is 2.38. The molecule has 1 N–H and O–H groups in total. The summed E-state index contributed by atoms with van der Waals surface area (Å²) in [5.41, 5.74) is 1.13. The van der Waals surface area contributed by atoms with Crippen LogP contribution in [0.15, 0.2) is 24.3 Å². The van der Waals surface area contributed by atoms with Crippen LogP contribution >= 0.6 is 0 Å². The lowest BCUT2D eigenvalue weighted by atomic mass is 10.0. The molecule has 1 radical (unpaired) electrons. The number of hydrogen-bond donors (Lipinski definition) is 1. The summed E-state index contributed by atoms with van der Waals surface area (Å²) in [6.07, 6.45) is 2.53. The van der Waals surface area contributed by atoms with Crippen LogP contribution in [0.4, 0.5) is 0 Å². The number of hydroxylamine groups is 1. The Morgan fingerprint density at radius 2 is 2.05 bits per heavy atom. The van der Waals surface area contributed by atoms with E-state index in [4.69, 9.17) is 14.2 Å². The van der Waals surface area contributed by atoms with Crippen LogP contribution in [0.25, 0.3) is 0 Å². The van der Waals surface area contributed by atoms with Gasteiger partial charge in [0.25, 0.3) is 0 Å². The highest BCUT2D eigenvalue weighted by Gasteiger charge is 2.30. The maximum absolute atomic E-state index is 9.33. The van der Waals surface area contributed by atoms with E-state index in [1.165, 1.54) is 0 Å². The summed E-state index contributed by atoms with van der Waals surface area (Å²) < 4.78 is 17.2. The van der Waals surface area contributed by atoms with Crippen LogP contribution in [0.5, 0.6) is 5.75 Å². The molecule has 0 bridgehead atoms. The van der Waals surface area contributed by atoms with Crippen LogP contribution < -0.4 is 4.74 Å². The third kappa shape index (κ3) is 3.97. The van der Waals surface area contributed by atoms with E-state index in [1.54, 1.807) is 19.3 Å². The van der Waals surface area contributed by atoms with E-state index in [0.29, 0.717) is 13.2 Å². The molecule has 0 saturated heterocycles. The summed E-state index contributed by atoms with van der Waals surface area (Å²) in [5, 5.41) is 9.33. The van der Waals surface area contributed by atoms with Crippen molar-refractivity contribution in [1.29, 1.82) is 0 Å². The quantitative estimate of drug-likeness (QED) is 0.414. The first-order valence-electron chi connectivity index (χ1n) is 6.27. The van der Waals surface area contributed by atoms with Gasteiger partial charge in [0.05, 0.1) is 6.61 Å². The first-order chi connectivity index (χ1) is 9.33. The molecule has 1 atom stereocenters. The molecule has 5 nitrogen and oxygen atoms in total. The van der Waals surface area contributed by atoms with Gasteiger partial charge in [-0.1, -0.05) is 16.9 Å². The van der Waals surface area contributed by atoms with Gasteiger partial charge >= 0.3 is 7.48 Å². The summed E-state index contributed by atoms with van der Waals surface area (Å²) in [7, 11) is 3.24. The second-order valence-corrected chi connectivity index (χ2v) is 4.28. The number of ether oxygens (including phenoxy) is 2. The highest BCUT2D eigenvalue weighted by molar-refractivity contribution is 6.62. The van der Waals surface area contributed by atoms with Crippen molar-refractivity contribution in [2.75, 3.05) is 26.9 Å². The minimum atomic E-state index is -0.0507. The van der Waals surface area contributed by atoms with Crippen LogP contribution in [0.2, 0.25) is 0 Å². The molecular formula is C13H18BNO4+. The fourth-order valence-corrected chi connectivity index (χ4v) is 1.81. The van der Waals surface area contributed by atoms with Crippen LogP contribution in [0.3, 0.4) is 0 Å². The number of nitrogens with zero attached hydrogens (tertiary/aromatic N) is 1. The molecule has 1 aromatic carbocycles. The summed E-state index contributed by atoms with van der Waals surface area (Å²) in [6, 6.07) is 7.78. The first-order valence-corrected chi connectivity index (χ1v) is 6.27. The third-order valence-corrected chi connectivity index (χ3v) is 2.91. The van der Waals surface area contributed by atoms with Crippen molar-refractivity contribution in [3.8, 4) is 5.75 Å². The van der Waals surface area contributed by atoms with Gasteiger partial charge in [-0.05, 0) is 17.7 Å². The van der Waals surface area contributed by atoms with Gasteiger partial charge in [-0.3, -0.25) is 0 Å². The Bertz CT molecular complexity index is 421. The van der Waals surface area contributed by atoms with Crippen molar-refractivity contribution in [1.82, 2.24) is 0 Å². The van der Waals surface area contributed by atoms with Gasteiger partial charge in [0, 0.05) is 13.5 Å². The largest absolute Gasteiger partial charge is 0.585 e. The molecule has 6 heteroatoms. The van der Waals surface area contributed by atoms with Crippen molar-refractivity contribution in [3.63, 3.8) is 0 Å². The van der Waals surface area contributed by atoms with Crippen molar-refractivity contribution < 1.29 is 24.1 Å². The highest BCUT2D eigenvalue weighted by atomic mass is 16.6. The van der Waals surface area contributed by atoms with Gasteiger partial charge in [0.15, 0.2) is 0 Å². The van der Waals surface area contributed by atoms with E-state index < -0.39 is 0 Å². The lowest BCUT2D eigenvalue weighted by Crippen LogP contribution is -2.41. The van der Waals surface area contributed by atoms with Gasteiger partial charge in [0.1, 0.15) is 19.0 Å². The van der Waals surface area contributed by atoms with E-state index >= 15 is 0 Å². The molecule has 0 aromatic heterocycles. The fraction of sp³-hybridized carbons (Fsp3) is 0.462. The molecule has 0 saturated carbocycles. The zero-order valence-corrected chi connectivity index (χ0v) is 11.0. The molecule has 0 fully saturated rings. The van der Waals surface area contributed by atoms with Crippen LogP contribution in [-0.4, -0.2) is 56.4 Å². The van der Waals surface area contributed by atoms with Gasteiger partial charge in [-0.15, -0.1) is 0 Å². The maximum atomic E-state index is 9.33. The van der Waals surface area contributed by atoms with Gasteiger partial charge in [-0.2, -0.15) is 0 Å². The topological polar surface area (TPSA) is 50.9 Å². The number of methoxy groups -OCH3 is 1. The lowest BCUT2D eigenvalue weighted by Gasteiger charge is -2.16. The molecule has 2 rings (SSSR count). The van der Waals surface area contributed by atoms with E-state index in [2.05, 4.69) is 0 Å². The Morgan fingerprint density at radius 3 is 2.58 bits per heavy atom. The van der Waals surface area contributed by atoms with Crippen molar-refractivity contribution in [2.45, 2.75) is 12.5 Å². The highest BCUT2D eigenvalue weighted by Crippen LogP contribution is 2.14. The van der Waals surface area contributed by atoms with E-state index in [9.17, 15) is 5.11 Å². The molecule has 0 aliphatic carbocycles. The molecule has 1 heterocycles. The second kappa shape index (κ2) is 7.16. The number of benzene rings is 1. The molecule has 0 amide bonds. The predicted octanol–water partition coefficient (Wildman–Crippen LogP) is 0.220. The van der Waals surface area contributed by atoms with Crippen molar-refractivity contribution in [2.24, 2.45) is 0 Å². The van der Waals surface area contributed by atoms with Crippen LogP contribution in [0.1, 0.15) is 5.56 Å².